The van der Waals surface area contributed by atoms with E-state index in [9.17, 15) is 4.79 Å². The molecule has 2 aromatic rings. The highest BCUT2D eigenvalue weighted by atomic mass is 35.5. The van der Waals surface area contributed by atoms with Gasteiger partial charge in [0.15, 0.2) is 0 Å². The number of ether oxygens (including phenoxy) is 1. The number of aromatic nitrogens is 2. The number of hydrogen-bond donors (Lipinski definition) is 1. The van der Waals surface area contributed by atoms with Crippen LogP contribution in [0.25, 0.3) is 11.4 Å². The zero-order valence-electron chi connectivity index (χ0n) is 14.9. The Bertz CT molecular complexity index is 705. The van der Waals surface area contributed by atoms with Crippen molar-refractivity contribution in [2.45, 2.75) is 38.1 Å². The fourth-order valence-electron chi connectivity index (χ4n) is 3.00. The van der Waals surface area contributed by atoms with Gasteiger partial charge in [-0.3, -0.25) is 4.79 Å². The Morgan fingerprint density at radius 1 is 1.38 bits per heavy atom. The Balaban J connectivity index is 0.00000243. The molecule has 1 atom stereocenters. The molecule has 3 rings (SSSR count). The Labute approximate surface area is 159 Å². The van der Waals surface area contributed by atoms with Gasteiger partial charge in [0, 0.05) is 37.5 Å². The molecule has 2 N–H and O–H groups in total. The van der Waals surface area contributed by atoms with Crippen LogP contribution >= 0.6 is 12.4 Å². The Kier molecular flexibility index (Phi) is 7.41. The number of carbonyl (C=O) groups is 1. The number of nitrogens with two attached hydrogens (primary N) is 1. The first-order valence-corrected chi connectivity index (χ1v) is 8.66. The SMILES string of the molecule is COc1ccc(-c2noc(CCCC(=O)N3CCCC(N)C3)n2)cc1.Cl. The van der Waals surface area contributed by atoms with Crippen LogP contribution in [0, 0.1) is 0 Å². The molecule has 7 nitrogen and oxygen atoms in total. The van der Waals surface area contributed by atoms with Crippen LogP contribution < -0.4 is 10.5 Å². The number of piperidine rings is 1. The van der Waals surface area contributed by atoms with E-state index < -0.39 is 0 Å². The van der Waals surface area contributed by atoms with Crippen molar-refractivity contribution in [3.63, 3.8) is 0 Å². The van der Waals surface area contributed by atoms with Gasteiger partial charge < -0.3 is 19.9 Å². The summed E-state index contributed by atoms with van der Waals surface area (Å²) in [5, 5.41) is 4.00. The summed E-state index contributed by atoms with van der Waals surface area (Å²) in [6.07, 6.45) is 3.75. The number of hydrogen-bond acceptors (Lipinski definition) is 6. The minimum absolute atomic E-state index is 0. The molecule has 0 saturated carbocycles. The van der Waals surface area contributed by atoms with Crippen molar-refractivity contribution in [1.82, 2.24) is 15.0 Å². The number of amides is 1. The molecular formula is C18H25ClN4O3. The predicted octanol–water partition coefficient (Wildman–Crippen LogP) is 2.44. The summed E-state index contributed by atoms with van der Waals surface area (Å²) in [7, 11) is 1.63. The van der Waals surface area contributed by atoms with Gasteiger partial charge in [-0.25, -0.2) is 0 Å². The number of benzene rings is 1. The Morgan fingerprint density at radius 2 is 2.15 bits per heavy atom. The number of aryl methyl sites for hydroxylation is 1. The van der Waals surface area contributed by atoms with E-state index in [4.69, 9.17) is 15.0 Å². The molecule has 0 spiro atoms. The van der Waals surface area contributed by atoms with Gasteiger partial charge in [-0.1, -0.05) is 5.16 Å². The topological polar surface area (TPSA) is 94.5 Å². The van der Waals surface area contributed by atoms with E-state index in [2.05, 4.69) is 10.1 Å². The smallest absolute Gasteiger partial charge is 0.226 e. The van der Waals surface area contributed by atoms with Crippen LogP contribution in [0.15, 0.2) is 28.8 Å². The van der Waals surface area contributed by atoms with Crippen molar-refractivity contribution >= 4 is 18.3 Å². The van der Waals surface area contributed by atoms with Crippen molar-refractivity contribution in [3.8, 4) is 17.1 Å². The van der Waals surface area contributed by atoms with Gasteiger partial charge >= 0.3 is 0 Å². The van der Waals surface area contributed by atoms with Crippen LogP contribution in [-0.4, -0.2) is 47.2 Å². The van der Waals surface area contributed by atoms with Gasteiger partial charge in [0.2, 0.25) is 17.6 Å². The number of likely N-dealkylation sites (tertiary alicyclic amines) is 1. The molecule has 1 saturated heterocycles. The number of nitrogens with zero attached hydrogens (tertiary/aromatic N) is 3. The summed E-state index contributed by atoms with van der Waals surface area (Å²) in [6.45, 7) is 1.48. The van der Waals surface area contributed by atoms with Crippen LogP contribution in [0.1, 0.15) is 31.6 Å². The van der Waals surface area contributed by atoms with Crippen LogP contribution in [0.3, 0.4) is 0 Å². The van der Waals surface area contributed by atoms with E-state index in [1.807, 2.05) is 29.2 Å². The lowest BCUT2D eigenvalue weighted by atomic mass is 10.1. The molecule has 1 aliphatic rings. The quantitative estimate of drug-likeness (QED) is 0.827. The van der Waals surface area contributed by atoms with E-state index in [1.54, 1.807) is 7.11 Å². The zero-order chi connectivity index (χ0) is 17.6. The lowest BCUT2D eigenvalue weighted by Gasteiger charge is -2.30. The van der Waals surface area contributed by atoms with Crippen LogP contribution in [0.4, 0.5) is 0 Å². The van der Waals surface area contributed by atoms with Crippen molar-refractivity contribution in [3.05, 3.63) is 30.2 Å². The maximum atomic E-state index is 12.2. The average molecular weight is 381 g/mol. The van der Waals surface area contributed by atoms with Gasteiger partial charge in [-0.2, -0.15) is 4.98 Å². The number of methoxy groups -OCH3 is 1. The summed E-state index contributed by atoms with van der Waals surface area (Å²) in [6, 6.07) is 7.59. The van der Waals surface area contributed by atoms with Crippen molar-refractivity contribution in [2.75, 3.05) is 20.2 Å². The van der Waals surface area contributed by atoms with Crippen molar-refractivity contribution in [1.29, 1.82) is 0 Å². The van der Waals surface area contributed by atoms with Gasteiger partial charge in [0.25, 0.3) is 0 Å². The number of rotatable bonds is 6. The lowest BCUT2D eigenvalue weighted by molar-refractivity contribution is -0.132. The molecule has 0 radical (unpaired) electrons. The molecular weight excluding hydrogens is 356 g/mol. The highest BCUT2D eigenvalue weighted by Gasteiger charge is 2.21. The molecule has 0 aliphatic carbocycles. The van der Waals surface area contributed by atoms with E-state index in [1.165, 1.54) is 0 Å². The second kappa shape index (κ2) is 9.54. The zero-order valence-corrected chi connectivity index (χ0v) is 15.7. The monoisotopic (exact) mass is 380 g/mol. The first-order chi connectivity index (χ1) is 12.2. The molecule has 2 heterocycles. The number of carbonyl (C=O) groups excluding carboxylic acids is 1. The van der Waals surface area contributed by atoms with Crippen LogP contribution in [0.2, 0.25) is 0 Å². The van der Waals surface area contributed by atoms with Gasteiger partial charge in [-0.15, -0.1) is 12.4 Å². The average Bonchev–Trinajstić information content (AvgIpc) is 3.10. The van der Waals surface area contributed by atoms with Gasteiger partial charge in [0.1, 0.15) is 5.75 Å². The maximum absolute atomic E-state index is 12.2. The van der Waals surface area contributed by atoms with Crippen LogP contribution in [-0.2, 0) is 11.2 Å². The normalized spacial score (nSPS) is 16.8. The Morgan fingerprint density at radius 3 is 2.85 bits per heavy atom. The molecule has 1 aliphatic heterocycles. The van der Waals surface area contributed by atoms with Crippen molar-refractivity contribution in [2.24, 2.45) is 5.73 Å². The van der Waals surface area contributed by atoms with Gasteiger partial charge in [0.05, 0.1) is 7.11 Å². The maximum Gasteiger partial charge on any atom is 0.226 e. The minimum Gasteiger partial charge on any atom is -0.497 e. The molecule has 1 amide bonds. The molecule has 1 unspecified atom stereocenters. The second-order valence-corrected chi connectivity index (χ2v) is 6.34. The minimum atomic E-state index is 0. The first-order valence-electron chi connectivity index (χ1n) is 8.66. The lowest BCUT2D eigenvalue weighted by Crippen LogP contribution is -2.45. The van der Waals surface area contributed by atoms with Crippen molar-refractivity contribution < 1.29 is 14.1 Å². The molecule has 0 bridgehead atoms. The highest BCUT2D eigenvalue weighted by Crippen LogP contribution is 2.20. The molecule has 8 heteroatoms. The fourth-order valence-corrected chi connectivity index (χ4v) is 3.00. The highest BCUT2D eigenvalue weighted by molar-refractivity contribution is 5.85. The summed E-state index contributed by atoms with van der Waals surface area (Å²) in [5.41, 5.74) is 6.79. The molecule has 1 aromatic carbocycles. The van der Waals surface area contributed by atoms with E-state index in [0.29, 0.717) is 37.5 Å². The summed E-state index contributed by atoms with van der Waals surface area (Å²) in [5.74, 6) is 2.04. The summed E-state index contributed by atoms with van der Waals surface area (Å²) in [4.78, 5) is 18.5. The number of halogens is 1. The van der Waals surface area contributed by atoms with Crippen LogP contribution in [0.5, 0.6) is 5.75 Å². The molecule has 1 fully saturated rings. The van der Waals surface area contributed by atoms with E-state index in [-0.39, 0.29) is 24.4 Å². The molecule has 1 aromatic heterocycles. The largest absolute Gasteiger partial charge is 0.497 e. The fraction of sp³-hybridized carbons (Fsp3) is 0.500. The Hall–Kier alpha value is -2.12. The second-order valence-electron chi connectivity index (χ2n) is 6.34. The first kappa shape index (κ1) is 20.2. The van der Waals surface area contributed by atoms with E-state index >= 15 is 0 Å². The van der Waals surface area contributed by atoms with E-state index in [0.717, 1.165) is 30.7 Å². The third kappa shape index (κ3) is 5.19. The summed E-state index contributed by atoms with van der Waals surface area (Å²) < 4.78 is 10.4. The predicted molar refractivity (Wildman–Crippen MR) is 100 cm³/mol. The third-order valence-corrected chi connectivity index (χ3v) is 4.41. The summed E-state index contributed by atoms with van der Waals surface area (Å²) >= 11 is 0. The molecule has 142 valence electrons. The standard InChI is InChI=1S/C18H24N4O3.ClH/c1-24-15-9-7-13(8-10-15)18-20-16(25-21-18)5-2-6-17(23)22-11-3-4-14(19)12-22;/h7-10,14H,2-6,11-12,19H2,1H3;1H. The molecule has 26 heavy (non-hydrogen) atoms. The third-order valence-electron chi connectivity index (χ3n) is 4.41. The van der Waals surface area contributed by atoms with Gasteiger partial charge in [-0.05, 0) is 43.5 Å².